The van der Waals surface area contributed by atoms with Gasteiger partial charge in [-0.2, -0.15) is 0 Å². The molecule has 0 amide bonds. The number of hydrogen-bond acceptors (Lipinski definition) is 2. The summed E-state index contributed by atoms with van der Waals surface area (Å²) in [4.78, 5) is 2.99. The molecule has 0 saturated carbocycles. The molecule has 0 radical (unpaired) electrons. The predicted octanol–water partition coefficient (Wildman–Crippen LogP) is 0.550. The first kappa shape index (κ1) is 12.9. The van der Waals surface area contributed by atoms with Gasteiger partial charge in [0.25, 0.3) is 0 Å². The summed E-state index contributed by atoms with van der Waals surface area (Å²) in [5, 5.41) is 16.1. The minimum atomic E-state index is 0.606. The van der Waals surface area contributed by atoms with Crippen molar-refractivity contribution < 1.29 is 9.42 Å². The third-order valence-electron chi connectivity index (χ3n) is 3.71. The number of aromatic nitrogens is 3. The summed E-state index contributed by atoms with van der Waals surface area (Å²) < 4.78 is 3.79. The van der Waals surface area contributed by atoms with Crippen LogP contribution < -0.4 is 4.85 Å². The van der Waals surface area contributed by atoms with E-state index >= 15 is 0 Å². The standard InChI is InChI=1S/C14H20N5O/c1-11-6-7-12-13(10-11)18(15-19(12)20)14(16(2)3)17-8-4-5-9-17/h6-7,10H,4-5,8-9H2,1-3H3/q+1. The molecule has 2 heterocycles. The molecule has 1 aromatic carbocycles. The Bertz CT molecular complexity index is 678. The molecule has 6 heteroatoms. The first-order chi connectivity index (χ1) is 9.58. The van der Waals surface area contributed by atoms with E-state index in [1.165, 1.54) is 12.8 Å². The fourth-order valence-electron chi connectivity index (χ4n) is 2.81. The molecule has 0 atom stereocenters. The van der Waals surface area contributed by atoms with Crippen molar-refractivity contribution in [2.24, 2.45) is 0 Å². The van der Waals surface area contributed by atoms with Gasteiger partial charge in [0.2, 0.25) is 11.0 Å². The van der Waals surface area contributed by atoms with Gasteiger partial charge in [0.15, 0.2) is 0 Å². The molecule has 1 aliphatic rings. The molecule has 0 bridgehead atoms. The maximum atomic E-state index is 12.0. The van der Waals surface area contributed by atoms with E-state index in [0.717, 1.165) is 30.1 Å². The number of nitrogens with zero attached hydrogens (tertiary/aromatic N) is 5. The number of aryl methyl sites for hydroxylation is 1. The van der Waals surface area contributed by atoms with Crippen LogP contribution in [0.4, 0.5) is 0 Å². The summed E-state index contributed by atoms with van der Waals surface area (Å²) in [7, 11) is 3.98. The van der Waals surface area contributed by atoms with Crippen LogP contribution >= 0.6 is 0 Å². The van der Waals surface area contributed by atoms with Gasteiger partial charge in [0, 0.05) is 0 Å². The average molecular weight is 274 g/mol. The Morgan fingerprint density at radius 3 is 2.65 bits per heavy atom. The molecule has 0 aliphatic carbocycles. The van der Waals surface area contributed by atoms with Crippen molar-refractivity contribution in [3.8, 4) is 0 Å². The lowest BCUT2D eigenvalue weighted by molar-refractivity contribution is -0.645. The van der Waals surface area contributed by atoms with Crippen LogP contribution in [0.25, 0.3) is 11.0 Å². The Morgan fingerprint density at radius 2 is 2.00 bits per heavy atom. The topological polar surface area (TPSA) is 51.0 Å². The molecule has 20 heavy (non-hydrogen) atoms. The SMILES string of the molecule is Cc1ccc2c(c1)n(C(N1CCCC1)=[N+](C)C)n[n+]2[O-]. The Morgan fingerprint density at radius 1 is 1.30 bits per heavy atom. The molecule has 106 valence electrons. The van der Waals surface area contributed by atoms with E-state index in [0.29, 0.717) is 10.4 Å². The number of hydrogen-bond donors (Lipinski definition) is 0. The summed E-state index contributed by atoms with van der Waals surface area (Å²) >= 11 is 0. The number of fused-ring (bicyclic) bond motifs is 1. The van der Waals surface area contributed by atoms with Crippen LogP contribution in [0.1, 0.15) is 18.4 Å². The lowest BCUT2D eigenvalue weighted by atomic mass is 10.2. The molecule has 1 aliphatic heterocycles. The third kappa shape index (κ3) is 2.01. The highest BCUT2D eigenvalue weighted by Crippen LogP contribution is 2.15. The minimum Gasteiger partial charge on any atom is -0.691 e. The molecule has 2 aromatic rings. The van der Waals surface area contributed by atoms with Gasteiger partial charge >= 0.3 is 5.96 Å². The van der Waals surface area contributed by atoms with Gasteiger partial charge in [-0.05, 0) is 42.1 Å². The second kappa shape index (κ2) is 4.77. The van der Waals surface area contributed by atoms with Gasteiger partial charge in [0.05, 0.1) is 27.2 Å². The van der Waals surface area contributed by atoms with Crippen LogP contribution in [-0.4, -0.2) is 52.5 Å². The summed E-state index contributed by atoms with van der Waals surface area (Å²) in [6, 6.07) is 5.78. The molecule has 1 aromatic heterocycles. The number of benzene rings is 1. The van der Waals surface area contributed by atoms with Crippen molar-refractivity contribution in [2.45, 2.75) is 19.8 Å². The van der Waals surface area contributed by atoms with E-state index < -0.39 is 0 Å². The average Bonchev–Trinajstić information content (AvgIpc) is 3.00. The first-order valence-corrected chi connectivity index (χ1v) is 6.97. The molecule has 0 N–H and O–H groups in total. The lowest BCUT2D eigenvalue weighted by Gasteiger charge is -2.12. The molecule has 1 saturated heterocycles. The van der Waals surface area contributed by atoms with Gasteiger partial charge < -0.3 is 5.21 Å². The molecule has 3 rings (SSSR count). The normalized spacial score (nSPS) is 15.1. The molecule has 0 spiro atoms. The summed E-state index contributed by atoms with van der Waals surface area (Å²) in [6.07, 6.45) is 2.37. The van der Waals surface area contributed by atoms with Crippen molar-refractivity contribution in [1.82, 2.24) is 14.8 Å². The highest BCUT2D eigenvalue weighted by atomic mass is 16.5. The van der Waals surface area contributed by atoms with Crippen LogP contribution in [0.5, 0.6) is 0 Å². The molecule has 0 unspecified atom stereocenters. The third-order valence-corrected chi connectivity index (χ3v) is 3.71. The highest BCUT2D eigenvalue weighted by molar-refractivity contribution is 5.87. The van der Waals surface area contributed by atoms with E-state index in [2.05, 4.69) is 10.1 Å². The van der Waals surface area contributed by atoms with Crippen molar-refractivity contribution in [2.75, 3.05) is 27.2 Å². The molecule has 1 fully saturated rings. The quantitative estimate of drug-likeness (QED) is 0.305. The van der Waals surface area contributed by atoms with Gasteiger partial charge in [-0.25, -0.2) is 0 Å². The van der Waals surface area contributed by atoms with Crippen LogP contribution in [-0.2, 0) is 0 Å². The minimum absolute atomic E-state index is 0.606. The Balaban J connectivity index is 2.21. The zero-order chi connectivity index (χ0) is 14.3. The molecular weight excluding hydrogens is 254 g/mol. The lowest BCUT2D eigenvalue weighted by Crippen LogP contribution is -2.42. The summed E-state index contributed by atoms with van der Waals surface area (Å²) in [5.41, 5.74) is 2.59. The fourth-order valence-corrected chi connectivity index (χ4v) is 2.81. The van der Waals surface area contributed by atoms with E-state index in [1.807, 2.05) is 43.8 Å². The number of rotatable bonds is 0. The Kier molecular flexibility index (Phi) is 3.08. The van der Waals surface area contributed by atoms with Gasteiger partial charge in [0.1, 0.15) is 5.21 Å². The van der Waals surface area contributed by atoms with Crippen molar-refractivity contribution in [3.05, 3.63) is 29.0 Å². The summed E-state index contributed by atoms with van der Waals surface area (Å²) in [5.74, 6) is 0.965. The van der Waals surface area contributed by atoms with Crippen molar-refractivity contribution in [1.29, 1.82) is 0 Å². The van der Waals surface area contributed by atoms with E-state index in [9.17, 15) is 5.21 Å². The number of likely N-dealkylation sites (tertiary alicyclic amines) is 1. The molecule has 6 nitrogen and oxygen atoms in total. The second-order valence-corrected chi connectivity index (χ2v) is 5.55. The first-order valence-electron chi connectivity index (χ1n) is 6.97. The van der Waals surface area contributed by atoms with E-state index in [4.69, 9.17) is 0 Å². The molecular formula is C14H20N5O+. The fraction of sp³-hybridized carbons (Fsp3) is 0.500. The van der Waals surface area contributed by atoms with Gasteiger partial charge in [-0.15, -0.1) is 4.85 Å². The Labute approximate surface area is 118 Å². The zero-order valence-electron chi connectivity index (χ0n) is 12.2. The van der Waals surface area contributed by atoms with Crippen molar-refractivity contribution in [3.63, 3.8) is 0 Å². The van der Waals surface area contributed by atoms with Gasteiger partial charge in [-0.1, -0.05) is 6.07 Å². The van der Waals surface area contributed by atoms with Crippen LogP contribution in [0.2, 0.25) is 0 Å². The van der Waals surface area contributed by atoms with Crippen molar-refractivity contribution >= 4 is 17.0 Å². The van der Waals surface area contributed by atoms with E-state index in [-0.39, 0.29) is 0 Å². The highest BCUT2D eigenvalue weighted by Gasteiger charge is 2.31. The van der Waals surface area contributed by atoms with Crippen LogP contribution in [0.15, 0.2) is 18.2 Å². The van der Waals surface area contributed by atoms with E-state index in [1.54, 1.807) is 4.68 Å². The van der Waals surface area contributed by atoms with Gasteiger partial charge in [-0.3, -0.25) is 9.48 Å². The maximum Gasteiger partial charge on any atom is 0.412 e. The van der Waals surface area contributed by atoms with Crippen LogP contribution in [0.3, 0.4) is 0 Å². The predicted molar refractivity (Wildman–Crippen MR) is 76.8 cm³/mol. The second-order valence-electron chi connectivity index (χ2n) is 5.55. The summed E-state index contributed by atoms with van der Waals surface area (Å²) in [6.45, 7) is 4.05. The maximum absolute atomic E-state index is 12.0. The smallest absolute Gasteiger partial charge is 0.412 e. The van der Waals surface area contributed by atoms with Crippen LogP contribution in [0, 0.1) is 12.1 Å². The Hall–Kier alpha value is -2.11. The largest absolute Gasteiger partial charge is 0.691 e. The zero-order valence-corrected chi connectivity index (χ0v) is 12.2. The monoisotopic (exact) mass is 274 g/mol.